The fraction of sp³-hybridized carbons (Fsp3) is 0.211. The van der Waals surface area contributed by atoms with Gasteiger partial charge in [0.15, 0.2) is 0 Å². The molecule has 2 aromatic carbocycles. The molecule has 0 spiro atoms. The molecule has 7 nitrogen and oxygen atoms in total. The SMILES string of the molecule is COc1ccc(NC(C)=O)cc1N[C@@H]1CC(=O)N(c2ccccc2F)C1=O. The zero-order valence-electron chi connectivity index (χ0n) is 14.8. The van der Waals surface area contributed by atoms with Crippen LogP contribution < -0.4 is 20.3 Å². The Morgan fingerprint density at radius 3 is 2.63 bits per heavy atom. The van der Waals surface area contributed by atoms with Gasteiger partial charge in [0.2, 0.25) is 11.8 Å². The number of benzene rings is 2. The Labute approximate surface area is 155 Å². The molecule has 0 saturated carbocycles. The lowest BCUT2D eigenvalue weighted by Gasteiger charge is -2.18. The van der Waals surface area contributed by atoms with E-state index < -0.39 is 23.7 Å². The quantitative estimate of drug-likeness (QED) is 0.789. The van der Waals surface area contributed by atoms with Crippen LogP contribution in [0.15, 0.2) is 42.5 Å². The average molecular weight is 371 g/mol. The van der Waals surface area contributed by atoms with Gasteiger partial charge in [-0.1, -0.05) is 12.1 Å². The number of para-hydroxylation sites is 1. The fourth-order valence-corrected chi connectivity index (χ4v) is 2.92. The molecule has 0 aromatic heterocycles. The van der Waals surface area contributed by atoms with Crippen molar-refractivity contribution in [2.75, 3.05) is 22.6 Å². The third-order valence-electron chi connectivity index (χ3n) is 4.09. The van der Waals surface area contributed by atoms with Crippen molar-refractivity contribution in [3.63, 3.8) is 0 Å². The maximum absolute atomic E-state index is 14.0. The van der Waals surface area contributed by atoms with E-state index in [9.17, 15) is 18.8 Å². The minimum absolute atomic E-state index is 0.0734. The van der Waals surface area contributed by atoms with Crippen molar-refractivity contribution in [2.24, 2.45) is 0 Å². The number of carbonyl (C=O) groups excluding carboxylic acids is 3. The number of ether oxygens (including phenoxy) is 1. The Balaban J connectivity index is 1.86. The van der Waals surface area contributed by atoms with Crippen LogP contribution in [0.4, 0.5) is 21.5 Å². The van der Waals surface area contributed by atoms with Crippen LogP contribution in [0.3, 0.4) is 0 Å². The van der Waals surface area contributed by atoms with Crippen LogP contribution in [-0.2, 0) is 14.4 Å². The first-order valence-electron chi connectivity index (χ1n) is 8.24. The molecule has 2 aromatic rings. The summed E-state index contributed by atoms with van der Waals surface area (Å²) >= 11 is 0. The summed E-state index contributed by atoms with van der Waals surface area (Å²) in [5.74, 6) is -1.51. The second-order valence-electron chi connectivity index (χ2n) is 6.02. The van der Waals surface area contributed by atoms with Crippen LogP contribution in [0, 0.1) is 5.82 Å². The van der Waals surface area contributed by atoms with Crippen LogP contribution in [0.5, 0.6) is 5.75 Å². The number of imide groups is 1. The van der Waals surface area contributed by atoms with Crippen LogP contribution >= 0.6 is 0 Å². The molecule has 2 N–H and O–H groups in total. The maximum Gasteiger partial charge on any atom is 0.256 e. The Bertz CT molecular complexity index is 916. The summed E-state index contributed by atoms with van der Waals surface area (Å²) in [6.45, 7) is 1.38. The molecule has 1 heterocycles. The summed E-state index contributed by atoms with van der Waals surface area (Å²) in [5.41, 5.74) is 0.870. The predicted octanol–water partition coefficient (Wildman–Crippen LogP) is 2.54. The standard InChI is InChI=1S/C19H18FN3O4/c1-11(24)21-12-7-8-17(27-2)14(9-12)22-15-10-18(25)23(19(15)26)16-6-4-3-5-13(16)20/h3-9,15,22H,10H2,1-2H3,(H,21,24)/t15-/m1/s1. The predicted molar refractivity (Wildman–Crippen MR) is 98.2 cm³/mol. The highest BCUT2D eigenvalue weighted by molar-refractivity contribution is 6.23. The maximum atomic E-state index is 14.0. The van der Waals surface area contributed by atoms with Gasteiger partial charge in [-0.3, -0.25) is 14.4 Å². The average Bonchev–Trinajstić information content (AvgIpc) is 2.89. The number of carbonyl (C=O) groups is 3. The van der Waals surface area contributed by atoms with Gasteiger partial charge >= 0.3 is 0 Å². The van der Waals surface area contributed by atoms with Crippen LogP contribution in [0.25, 0.3) is 0 Å². The van der Waals surface area contributed by atoms with Crippen molar-refractivity contribution in [3.8, 4) is 5.75 Å². The lowest BCUT2D eigenvalue weighted by molar-refractivity contribution is -0.121. The highest BCUT2D eigenvalue weighted by Crippen LogP contribution is 2.32. The van der Waals surface area contributed by atoms with Crippen molar-refractivity contribution < 1.29 is 23.5 Å². The van der Waals surface area contributed by atoms with Crippen molar-refractivity contribution in [1.82, 2.24) is 0 Å². The zero-order chi connectivity index (χ0) is 19.6. The summed E-state index contributed by atoms with van der Waals surface area (Å²) in [5, 5.41) is 5.60. The summed E-state index contributed by atoms with van der Waals surface area (Å²) in [4.78, 5) is 37.1. The molecule has 1 fully saturated rings. The van der Waals surface area contributed by atoms with Crippen LogP contribution in [0.2, 0.25) is 0 Å². The van der Waals surface area contributed by atoms with Gasteiger partial charge in [0.1, 0.15) is 17.6 Å². The number of methoxy groups -OCH3 is 1. The smallest absolute Gasteiger partial charge is 0.256 e. The van der Waals surface area contributed by atoms with E-state index in [1.807, 2.05) is 0 Å². The minimum Gasteiger partial charge on any atom is -0.495 e. The first-order chi connectivity index (χ1) is 12.9. The van der Waals surface area contributed by atoms with E-state index in [1.165, 1.54) is 32.2 Å². The third-order valence-corrected chi connectivity index (χ3v) is 4.09. The molecule has 8 heteroatoms. The van der Waals surface area contributed by atoms with E-state index >= 15 is 0 Å². The second-order valence-corrected chi connectivity index (χ2v) is 6.02. The van der Waals surface area contributed by atoms with Gasteiger partial charge in [0.25, 0.3) is 5.91 Å². The molecule has 1 aliphatic rings. The number of halogens is 1. The number of rotatable bonds is 5. The van der Waals surface area contributed by atoms with Crippen LogP contribution in [-0.4, -0.2) is 30.9 Å². The molecule has 0 bridgehead atoms. The van der Waals surface area contributed by atoms with Gasteiger partial charge in [-0.05, 0) is 30.3 Å². The first kappa shape index (κ1) is 18.4. The van der Waals surface area contributed by atoms with Crippen molar-refractivity contribution in [3.05, 3.63) is 48.3 Å². The topological polar surface area (TPSA) is 87.7 Å². The number of nitrogens with zero attached hydrogens (tertiary/aromatic N) is 1. The fourth-order valence-electron chi connectivity index (χ4n) is 2.92. The zero-order valence-corrected chi connectivity index (χ0v) is 14.8. The van der Waals surface area contributed by atoms with Gasteiger partial charge in [0, 0.05) is 12.6 Å². The number of hydrogen-bond acceptors (Lipinski definition) is 5. The number of anilines is 3. The molecule has 1 saturated heterocycles. The summed E-state index contributed by atoms with van der Waals surface area (Å²) < 4.78 is 19.3. The molecule has 0 radical (unpaired) electrons. The number of amides is 3. The third kappa shape index (κ3) is 3.74. The largest absolute Gasteiger partial charge is 0.495 e. The normalized spacial score (nSPS) is 16.4. The van der Waals surface area contributed by atoms with Gasteiger partial charge in [-0.25, -0.2) is 9.29 Å². The number of hydrogen-bond donors (Lipinski definition) is 2. The van der Waals surface area contributed by atoms with E-state index in [4.69, 9.17) is 4.74 Å². The lowest BCUT2D eigenvalue weighted by atomic mass is 10.2. The monoisotopic (exact) mass is 371 g/mol. The molecule has 1 atom stereocenters. The van der Waals surface area contributed by atoms with Crippen molar-refractivity contribution in [2.45, 2.75) is 19.4 Å². The highest BCUT2D eigenvalue weighted by atomic mass is 19.1. The molecule has 0 aliphatic carbocycles. The van der Waals surface area contributed by atoms with Gasteiger partial charge in [0.05, 0.1) is 24.9 Å². The molecule has 140 valence electrons. The molecule has 1 aliphatic heterocycles. The summed E-state index contributed by atoms with van der Waals surface area (Å²) in [7, 11) is 1.46. The van der Waals surface area contributed by atoms with Crippen molar-refractivity contribution in [1.29, 1.82) is 0 Å². The summed E-state index contributed by atoms with van der Waals surface area (Å²) in [6, 6.07) is 9.62. The van der Waals surface area contributed by atoms with E-state index in [0.29, 0.717) is 17.1 Å². The highest BCUT2D eigenvalue weighted by Gasteiger charge is 2.40. The van der Waals surface area contributed by atoms with Gasteiger partial charge in [-0.2, -0.15) is 0 Å². The molecular formula is C19H18FN3O4. The summed E-state index contributed by atoms with van der Waals surface area (Å²) in [6.07, 6.45) is -0.124. The second kappa shape index (κ2) is 7.45. The minimum atomic E-state index is -0.876. The Kier molecular flexibility index (Phi) is 5.07. The van der Waals surface area contributed by atoms with Gasteiger partial charge < -0.3 is 15.4 Å². The van der Waals surface area contributed by atoms with Gasteiger partial charge in [-0.15, -0.1) is 0 Å². The Morgan fingerprint density at radius 1 is 1.22 bits per heavy atom. The Hall–Kier alpha value is -3.42. The molecule has 3 amide bonds. The van der Waals surface area contributed by atoms with E-state index in [-0.39, 0.29) is 18.0 Å². The Morgan fingerprint density at radius 2 is 1.96 bits per heavy atom. The van der Waals surface area contributed by atoms with E-state index in [2.05, 4.69) is 10.6 Å². The van der Waals surface area contributed by atoms with E-state index in [0.717, 1.165) is 4.90 Å². The van der Waals surface area contributed by atoms with Crippen molar-refractivity contribution >= 4 is 34.8 Å². The number of nitrogens with one attached hydrogen (secondary N) is 2. The van der Waals surface area contributed by atoms with Crippen LogP contribution in [0.1, 0.15) is 13.3 Å². The molecule has 3 rings (SSSR count). The van der Waals surface area contributed by atoms with E-state index in [1.54, 1.807) is 24.3 Å². The first-order valence-corrected chi connectivity index (χ1v) is 8.24. The molecule has 0 unspecified atom stereocenters. The lowest BCUT2D eigenvalue weighted by Crippen LogP contribution is -2.35. The molecular weight excluding hydrogens is 353 g/mol. The molecule has 27 heavy (non-hydrogen) atoms.